The summed E-state index contributed by atoms with van der Waals surface area (Å²) >= 11 is 0. The van der Waals surface area contributed by atoms with Crippen LogP contribution in [0.5, 0.6) is 0 Å². The van der Waals surface area contributed by atoms with E-state index in [1.165, 1.54) is 48.9 Å². The first-order valence-electron chi connectivity index (χ1n) is 8.66. The van der Waals surface area contributed by atoms with Crippen molar-refractivity contribution in [1.29, 1.82) is 0 Å². The quantitative estimate of drug-likeness (QED) is 0.872. The molecule has 0 radical (unpaired) electrons. The first kappa shape index (κ1) is 16.5. The number of aryl methyl sites for hydroxylation is 2. The molecule has 1 aliphatic heterocycles. The van der Waals surface area contributed by atoms with E-state index in [1.807, 2.05) is 0 Å². The first-order valence-corrected chi connectivity index (χ1v) is 8.66. The first-order chi connectivity index (χ1) is 10.1. The lowest BCUT2D eigenvalue weighted by molar-refractivity contribution is 0.191. The van der Waals surface area contributed by atoms with Crippen molar-refractivity contribution in [3.8, 4) is 0 Å². The van der Waals surface area contributed by atoms with Crippen LogP contribution in [0.4, 0.5) is 0 Å². The lowest BCUT2D eigenvalue weighted by Gasteiger charge is -2.32. The molecule has 21 heavy (non-hydrogen) atoms. The molecule has 0 saturated carbocycles. The molecule has 2 heteroatoms. The maximum atomic E-state index is 3.69. The number of nitrogens with zero attached hydrogens (tertiary/aromatic N) is 1. The van der Waals surface area contributed by atoms with Crippen molar-refractivity contribution in [1.82, 2.24) is 10.2 Å². The lowest BCUT2D eigenvalue weighted by atomic mass is 10.00. The molecule has 0 amide bonds. The molecular formula is C19H32N2. The topological polar surface area (TPSA) is 15.3 Å². The number of likely N-dealkylation sites (N-methyl/N-ethyl adjacent to an activating group) is 1. The summed E-state index contributed by atoms with van der Waals surface area (Å²) in [5.74, 6) is 0. The SMILES string of the molecule is CCNC(CN1CCCCCC1C)c1ccc(C)c(C)c1. The van der Waals surface area contributed by atoms with Gasteiger partial charge in [0.25, 0.3) is 0 Å². The fourth-order valence-corrected chi connectivity index (χ4v) is 3.36. The molecule has 0 aliphatic carbocycles. The van der Waals surface area contributed by atoms with Crippen molar-refractivity contribution >= 4 is 0 Å². The standard InChI is InChI=1S/C19H32N2/c1-5-20-19(18-11-10-15(2)16(3)13-18)14-21-12-8-6-7-9-17(21)4/h10-11,13,17,19-20H,5-9,12,14H2,1-4H3. The van der Waals surface area contributed by atoms with Crippen LogP contribution < -0.4 is 5.32 Å². The van der Waals surface area contributed by atoms with Crippen molar-refractivity contribution in [2.24, 2.45) is 0 Å². The Hall–Kier alpha value is -0.860. The minimum Gasteiger partial charge on any atom is -0.309 e. The third kappa shape index (κ3) is 4.55. The Balaban J connectivity index is 2.11. The number of likely N-dealkylation sites (tertiary alicyclic amines) is 1. The number of hydrogen-bond acceptors (Lipinski definition) is 2. The van der Waals surface area contributed by atoms with Crippen LogP contribution in [0.15, 0.2) is 18.2 Å². The van der Waals surface area contributed by atoms with Crippen LogP contribution in [0.25, 0.3) is 0 Å². The summed E-state index contributed by atoms with van der Waals surface area (Å²) in [6.45, 7) is 12.4. The van der Waals surface area contributed by atoms with Gasteiger partial charge in [0.1, 0.15) is 0 Å². The molecule has 118 valence electrons. The molecule has 1 N–H and O–H groups in total. The van der Waals surface area contributed by atoms with Gasteiger partial charge >= 0.3 is 0 Å². The Morgan fingerprint density at radius 1 is 1.19 bits per heavy atom. The van der Waals surface area contributed by atoms with E-state index in [-0.39, 0.29) is 0 Å². The van der Waals surface area contributed by atoms with E-state index < -0.39 is 0 Å². The molecule has 1 aromatic carbocycles. The molecular weight excluding hydrogens is 256 g/mol. The average molecular weight is 288 g/mol. The summed E-state index contributed by atoms with van der Waals surface area (Å²) in [6.07, 6.45) is 5.51. The van der Waals surface area contributed by atoms with Crippen LogP contribution in [0.2, 0.25) is 0 Å². The monoisotopic (exact) mass is 288 g/mol. The second kappa shape index (κ2) is 7.95. The normalized spacial score (nSPS) is 22.0. The van der Waals surface area contributed by atoms with Crippen LogP contribution in [0, 0.1) is 13.8 Å². The molecule has 2 unspecified atom stereocenters. The molecule has 0 spiro atoms. The highest BCUT2D eigenvalue weighted by Gasteiger charge is 2.21. The molecule has 2 nitrogen and oxygen atoms in total. The molecule has 2 atom stereocenters. The largest absolute Gasteiger partial charge is 0.309 e. The van der Waals surface area contributed by atoms with E-state index in [9.17, 15) is 0 Å². The highest BCUT2D eigenvalue weighted by atomic mass is 15.2. The molecule has 2 rings (SSSR count). The van der Waals surface area contributed by atoms with E-state index in [0.29, 0.717) is 6.04 Å². The second-order valence-electron chi connectivity index (χ2n) is 6.65. The lowest BCUT2D eigenvalue weighted by Crippen LogP contribution is -2.40. The molecule has 1 fully saturated rings. The third-order valence-corrected chi connectivity index (χ3v) is 4.99. The predicted octanol–water partition coefficient (Wildman–Crippen LogP) is 4.22. The van der Waals surface area contributed by atoms with Crippen molar-refractivity contribution in [2.45, 2.75) is 65.5 Å². The molecule has 0 bridgehead atoms. The minimum absolute atomic E-state index is 0.454. The van der Waals surface area contributed by atoms with E-state index in [4.69, 9.17) is 0 Å². The fourth-order valence-electron chi connectivity index (χ4n) is 3.36. The Kier molecular flexibility index (Phi) is 6.25. The number of hydrogen-bond donors (Lipinski definition) is 1. The van der Waals surface area contributed by atoms with Gasteiger partial charge in [0, 0.05) is 18.6 Å². The Morgan fingerprint density at radius 3 is 2.71 bits per heavy atom. The van der Waals surface area contributed by atoms with Gasteiger partial charge in [0.15, 0.2) is 0 Å². The summed E-state index contributed by atoms with van der Waals surface area (Å²) < 4.78 is 0. The summed E-state index contributed by atoms with van der Waals surface area (Å²) in [5, 5.41) is 3.69. The summed E-state index contributed by atoms with van der Waals surface area (Å²) in [5.41, 5.74) is 4.23. The van der Waals surface area contributed by atoms with E-state index >= 15 is 0 Å². The Labute approximate surface area is 130 Å². The second-order valence-corrected chi connectivity index (χ2v) is 6.65. The Bertz CT molecular complexity index is 441. The van der Waals surface area contributed by atoms with Crippen LogP contribution in [-0.4, -0.2) is 30.6 Å². The highest BCUT2D eigenvalue weighted by Crippen LogP contribution is 2.22. The van der Waals surface area contributed by atoms with Gasteiger partial charge in [-0.2, -0.15) is 0 Å². The fraction of sp³-hybridized carbons (Fsp3) is 0.684. The smallest absolute Gasteiger partial charge is 0.0449 e. The number of benzene rings is 1. The summed E-state index contributed by atoms with van der Waals surface area (Å²) in [6, 6.07) is 8.11. The van der Waals surface area contributed by atoms with Gasteiger partial charge in [-0.15, -0.1) is 0 Å². The van der Waals surface area contributed by atoms with E-state index in [2.05, 4.69) is 56.1 Å². The van der Waals surface area contributed by atoms with Crippen molar-refractivity contribution in [3.63, 3.8) is 0 Å². The maximum absolute atomic E-state index is 3.69. The zero-order valence-corrected chi connectivity index (χ0v) is 14.3. The number of rotatable bonds is 5. The van der Waals surface area contributed by atoms with Gasteiger partial charge in [-0.3, -0.25) is 4.90 Å². The third-order valence-electron chi connectivity index (χ3n) is 4.99. The van der Waals surface area contributed by atoms with Crippen molar-refractivity contribution in [2.75, 3.05) is 19.6 Å². The van der Waals surface area contributed by atoms with Gasteiger partial charge in [0.05, 0.1) is 0 Å². The summed E-state index contributed by atoms with van der Waals surface area (Å²) in [7, 11) is 0. The van der Waals surface area contributed by atoms with E-state index in [0.717, 1.165) is 19.1 Å². The van der Waals surface area contributed by atoms with Crippen LogP contribution in [0.3, 0.4) is 0 Å². The average Bonchev–Trinajstić information content (AvgIpc) is 2.67. The molecule has 1 heterocycles. The molecule has 1 saturated heterocycles. The van der Waals surface area contributed by atoms with Crippen LogP contribution in [0.1, 0.15) is 62.3 Å². The van der Waals surface area contributed by atoms with Crippen LogP contribution in [-0.2, 0) is 0 Å². The summed E-state index contributed by atoms with van der Waals surface area (Å²) in [4.78, 5) is 2.69. The molecule has 1 aromatic rings. The van der Waals surface area contributed by atoms with E-state index in [1.54, 1.807) is 0 Å². The van der Waals surface area contributed by atoms with Gasteiger partial charge in [-0.25, -0.2) is 0 Å². The van der Waals surface area contributed by atoms with Crippen molar-refractivity contribution < 1.29 is 0 Å². The molecule has 0 aromatic heterocycles. The van der Waals surface area contributed by atoms with Crippen LogP contribution >= 0.6 is 0 Å². The zero-order valence-electron chi connectivity index (χ0n) is 14.3. The predicted molar refractivity (Wildman–Crippen MR) is 91.8 cm³/mol. The van der Waals surface area contributed by atoms with Crippen molar-refractivity contribution in [3.05, 3.63) is 34.9 Å². The number of nitrogens with one attached hydrogen (secondary N) is 1. The minimum atomic E-state index is 0.454. The Morgan fingerprint density at radius 2 is 2.00 bits per heavy atom. The van der Waals surface area contributed by atoms with Gasteiger partial charge in [0.2, 0.25) is 0 Å². The molecule has 1 aliphatic rings. The zero-order chi connectivity index (χ0) is 15.2. The van der Waals surface area contributed by atoms with Gasteiger partial charge < -0.3 is 5.32 Å². The highest BCUT2D eigenvalue weighted by molar-refractivity contribution is 5.32. The maximum Gasteiger partial charge on any atom is 0.0449 e. The van der Waals surface area contributed by atoms with Gasteiger partial charge in [-0.1, -0.05) is 38.0 Å². The van der Waals surface area contributed by atoms with Gasteiger partial charge in [-0.05, 0) is 63.4 Å².